The van der Waals surface area contributed by atoms with E-state index in [4.69, 9.17) is 0 Å². The molecule has 0 saturated heterocycles. The molecule has 23 heavy (non-hydrogen) atoms. The predicted octanol–water partition coefficient (Wildman–Crippen LogP) is 4.82. The van der Waals surface area contributed by atoms with Gasteiger partial charge in [0.15, 0.2) is 0 Å². The summed E-state index contributed by atoms with van der Waals surface area (Å²) in [6.45, 7) is 1.46. The highest BCUT2D eigenvalue weighted by Gasteiger charge is 2.03. The van der Waals surface area contributed by atoms with Crippen LogP contribution in [0.25, 0.3) is 6.08 Å². The van der Waals surface area contributed by atoms with Gasteiger partial charge >= 0.3 is 0 Å². The summed E-state index contributed by atoms with van der Waals surface area (Å²) in [5.41, 5.74) is 2.27. The second-order valence-electron chi connectivity index (χ2n) is 4.75. The molecule has 0 aliphatic heterocycles. The van der Waals surface area contributed by atoms with E-state index in [-0.39, 0.29) is 11.8 Å². The lowest BCUT2D eigenvalue weighted by molar-refractivity contribution is -0.114. The molecule has 2 aromatic rings. The first-order valence-electron chi connectivity index (χ1n) is 6.76. The Morgan fingerprint density at radius 1 is 1.00 bits per heavy atom. The molecule has 0 aliphatic carbocycles. The number of hydrogen-bond acceptors (Lipinski definition) is 2. The molecule has 2 amide bonds. The first kappa shape index (κ1) is 17.4. The summed E-state index contributed by atoms with van der Waals surface area (Å²) in [6.07, 6.45) is 3.17. The van der Waals surface area contributed by atoms with Crippen LogP contribution in [-0.2, 0) is 9.59 Å². The van der Waals surface area contributed by atoms with E-state index in [0.717, 1.165) is 20.2 Å². The third-order valence-electron chi connectivity index (χ3n) is 2.84. The quantitative estimate of drug-likeness (QED) is 0.673. The third kappa shape index (κ3) is 5.65. The Kier molecular flexibility index (Phi) is 6.12. The first-order valence-corrected chi connectivity index (χ1v) is 8.34. The maximum Gasteiger partial charge on any atom is 0.248 e. The lowest BCUT2D eigenvalue weighted by Crippen LogP contribution is -2.08. The van der Waals surface area contributed by atoms with Gasteiger partial charge in [0, 0.05) is 27.6 Å². The van der Waals surface area contributed by atoms with Crippen molar-refractivity contribution in [3.63, 3.8) is 0 Å². The predicted molar refractivity (Wildman–Crippen MR) is 100 cm³/mol. The van der Waals surface area contributed by atoms with Gasteiger partial charge in [-0.25, -0.2) is 0 Å². The molecule has 0 radical (unpaired) electrons. The summed E-state index contributed by atoms with van der Waals surface area (Å²) in [4.78, 5) is 22.9. The first-order chi connectivity index (χ1) is 10.9. The molecule has 0 spiro atoms. The lowest BCUT2D eigenvalue weighted by Gasteiger charge is -2.05. The molecule has 0 saturated carbocycles. The number of amides is 2. The van der Waals surface area contributed by atoms with Crippen LogP contribution in [0, 0.1) is 0 Å². The lowest BCUT2D eigenvalue weighted by atomic mass is 10.2. The van der Waals surface area contributed by atoms with Crippen LogP contribution in [-0.4, -0.2) is 11.8 Å². The minimum Gasteiger partial charge on any atom is -0.326 e. The number of halogens is 2. The van der Waals surface area contributed by atoms with Gasteiger partial charge in [0.05, 0.1) is 5.69 Å². The van der Waals surface area contributed by atoms with Gasteiger partial charge in [0.25, 0.3) is 0 Å². The van der Waals surface area contributed by atoms with Crippen molar-refractivity contribution in [2.24, 2.45) is 0 Å². The number of rotatable bonds is 4. The van der Waals surface area contributed by atoms with Gasteiger partial charge in [-0.15, -0.1) is 0 Å². The van der Waals surface area contributed by atoms with Gasteiger partial charge < -0.3 is 10.6 Å². The minimum absolute atomic E-state index is 0.118. The highest BCUT2D eigenvalue weighted by atomic mass is 79.9. The van der Waals surface area contributed by atoms with E-state index >= 15 is 0 Å². The standard InChI is InChI=1S/C17H14Br2N2O2/c1-11(22)20-14-6-2-12(3-7-14)4-9-17(23)21-16-10-13(18)5-8-15(16)19/h2-10H,1H3,(H,20,22)(H,21,23)/b9-4+. The Bertz CT molecular complexity index is 756. The van der Waals surface area contributed by atoms with Crippen LogP contribution in [0.1, 0.15) is 12.5 Å². The van der Waals surface area contributed by atoms with Crippen LogP contribution in [0.3, 0.4) is 0 Å². The van der Waals surface area contributed by atoms with E-state index in [2.05, 4.69) is 42.5 Å². The summed E-state index contributed by atoms with van der Waals surface area (Å²) >= 11 is 6.75. The van der Waals surface area contributed by atoms with E-state index in [9.17, 15) is 9.59 Å². The normalized spacial score (nSPS) is 10.6. The molecule has 0 aromatic heterocycles. The minimum atomic E-state index is -0.227. The van der Waals surface area contributed by atoms with Crippen LogP contribution in [0.5, 0.6) is 0 Å². The van der Waals surface area contributed by atoms with E-state index in [0.29, 0.717) is 5.69 Å². The molecule has 118 valence electrons. The Hall–Kier alpha value is -1.92. The largest absolute Gasteiger partial charge is 0.326 e. The highest BCUT2D eigenvalue weighted by Crippen LogP contribution is 2.26. The average molecular weight is 438 g/mol. The van der Waals surface area contributed by atoms with E-state index in [1.165, 1.54) is 13.0 Å². The van der Waals surface area contributed by atoms with E-state index in [1.807, 2.05) is 30.3 Å². The van der Waals surface area contributed by atoms with Crippen LogP contribution in [0.2, 0.25) is 0 Å². The Balaban J connectivity index is 2.00. The fraction of sp³-hybridized carbons (Fsp3) is 0.0588. The van der Waals surface area contributed by atoms with Gasteiger partial charge in [-0.1, -0.05) is 28.1 Å². The number of nitrogens with one attached hydrogen (secondary N) is 2. The molecule has 0 heterocycles. The maximum atomic E-state index is 12.0. The zero-order valence-corrected chi connectivity index (χ0v) is 15.4. The molecule has 2 rings (SSSR count). The van der Waals surface area contributed by atoms with Crippen LogP contribution in [0.15, 0.2) is 57.5 Å². The Morgan fingerprint density at radius 2 is 1.70 bits per heavy atom. The molecule has 2 N–H and O–H groups in total. The van der Waals surface area contributed by atoms with Crippen molar-refractivity contribution in [1.82, 2.24) is 0 Å². The smallest absolute Gasteiger partial charge is 0.248 e. The monoisotopic (exact) mass is 436 g/mol. The Labute approximate surface area is 151 Å². The summed E-state index contributed by atoms with van der Waals surface area (Å²) in [5, 5.41) is 5.49. The number of carbonyl (C=O) groups is 2. The zero-order chi connectivity index (χ0) is 16.8. The van der Waals surface area contributed by atoms with Crippen molar-refractivity contribution in [1.29, 1.82) is 0 Å². The van der Waals surface area contributed by atoms with Crippen molar-refractivity contribution in [2.75, 3.05) is 10.6 Å². The highest BCUT2D eigenvalue weighted by molar-refractivity contribution is 9.11. The SMILES string of the molecule is CC(=O)Nc1ccc(/C=C/C(=O)Nc2cc(Br)ccc2Br)cc1. The molecule has 4 nitrogen and oxygen atoms in total. The fourth-order valence-corrected chi connectivity index (χ4v) is 2.53. The molecule has 0 atom stereocenters. The molecular formula is C17H14Br2N2O2. The van der Waals surface area contributed by atoms with Crippen LogP contribution in [0.4, 0.5) is 11.4 Å². The van der Waals surface area contributed by atoms with E-state index < -0.39 is 0 Å². The summed E-state index contributed by atoms with van der Waals surface area (Å²) in [6, 6.07) is 12.8. The molecular weight excluding hydrogens is 424 g/mol. The van der Waals surface area contributed by atoms with Crippen molar-refractivity contribution in [3.8, 4) is 0 Å². The molecule has 0 fully saturated rings. The molecule has 0 unspecified atom stereocenters. The van der Waals surface area contributed by atoms with Crippen LogP contribution < -0.4 is 10.6 Å². The van der Waals surface area contributed by atoms with Crippen molar-refractivity contribution < 1.29 is 9.59 Å². The number of hydrogen-bond donors (Lipinski definition) is 2. The average Bonchev–Trinajstić information content (AvgIpc) is 2.50. The third-order valence-corrected chi connectivity index (χ3v) is 4.03. The van der Waals surface area contributed by atoms with Crippen molar-refractivity contribution in [2.45, 2.75) is 6.92 Å². The molecule has 0 aliphatic rings. The van der Waals surface area contributed by atoms with Crippen molar-refractivity contribution in [3.05, 3.63) is 63.0 Å². The second-order valence-corrected chi connectivity index (χ2v) is 6.52. The molecule has 6 heteroatoms. The fourth-order valence-electron chi connectivity index (χ4n) is 1.82. The van der Waals surface area contributed by atoms with Gasteiger partial charge in [0.2, 0.25) is 11.8 Å². The molecule has 2 aromatic carbocycles. The summed E-state index contributed by atoms with van der Waals surface area (Å²) in [5.74, 6) is -0.345. The topological polar surface area (TPSA) is 58.2 Å². The second kappa shape index (κ2) is 8.08. The van der Waals surface area contributed by atoms with Crippen LogP contribution >= 0.6 is 31.9 Å². The summed E-state index contributed by atoms with van der Waals surface area (Å²) < 4.78 is 1.69. The number of benzene rings is 2. The van der Waals surface area contributed by atoms with Gasteiger partial charge in [0.1, 0.15) is 0 Å². The maximum absolute atomic E-state index is 12.0. The van der Waals surface area contributed by atoms with E-state index in [1.54, 1.807) is 18.2 Å². The Morgan fingerprint density at radius 3 is 2.35 bits per heavy atom. The van der Waals surface area contributed by atoms with Gasteiger partial charge in [-0.05, 0) is 57.9 Å². The number of carbonyl (C=O) groups excluding carboxylic acids is 2. The molecule has 0 bridgehead atoms. The summed E-state index contributed by atoms with van der Waals surface area (Å²) in [7, 11) is 0. The van der Waals surface area contributed by atoms with Gasteiger partial charge in [-0.3, -0.25) is 9.59 Å². The number of anilines is 2. The van der Waals surface area contributed by atoms with Gasteiger partial charge in [-0.2, -0.15) is 0 Å². The zero-order valence-electron chi connectivity index (χ0n) is 12.3. The van der Waals surface area contributed by atoms with Crippen molar-refractivity contribution >= 4 is 61.1 Å².